The van der Waals surface area contributed by atoms with Gasteiger partial charge in [-0.15, -0.1) is 0 Å². The summed E-state index contributed by atoms with van der Waals surface area (Å²) in [6.07, 6.45) is 2.62. The van der Waals surface area contributed by atoms with E-state index in [1.807, 2.05) is 0 Å². The van der Waals surface area contributed by atoms with Crippen LogP contribution in [0.1, 0.15) is 26.2 Å². The van der Waals surface area contributed by atoms with E-state index in [1.165, 1.54) is 0 Å². The molecule has 1 unspecified atom stereocenters. The topological polar surface area (TPSA) is 75.4 Å². The Morgan fingerprint density at radius 2 is 2.29 bits per heavy atom. The van der Waals surface area contributed by atoms with Crippen molar-refractivity contribution in [1.29, 1.82) is 0 Å². The first kappa shape index (κ1) is 15.6. The van der Waals surface area contributed by atoms with Gasteiger partial charge in [0.05, 0.1) is 17.9 Å². The number of carbonyl (C=O) groups excluding carboxylic acids is 2. The first-order chi connectivity index (χ1) is 9.99. The van der Waals surface area contributed by atoms with Gasteiger partial charge in [0.25, 0.3) is 0 Å². The highest BCUT2D eigenvalue weighted by Crippen LogP contribution is 2.24. The first-order valence-electron chi connectivity index (χ1n) is 7.12. The van der Waals surface area contributed by atoms with Crippen molar-refractivity contribution in [3.05, 3.63) is 23.2 Å². The Bertz CT molecular complexity index is 548. The molecule has 0 bridgehead atoms. The number of nitrogen functional groups attached to an aromatic ring is 1. The van der Waals surface area contributed by atoms with Crippen molar-refractivity contribution in [3.8, 4) is 0 Å². The number of nitrogens with two attached hydrogens (primary N) is 1. The minimum Gasteiger partial charge on any atom is -0.397 e. The molecule has 3 N–H and O–H groups in total. The molecule has 6 heteroatoms. The van der Waals surface area contributed by atoms with Crippen molar-refractivity contribution in [1.82, 2.24) is 4.90 Å². The van der Waals surface area contributed by atoms with Crippen molar-refractivity contribution in [2.45, 2.75) is 26.2 Å². The molecule has 1 heterocycles. The molecule has 0 saturated carbocycles. The molecule has 1 atom stereocenters. The van der Waals surface area contributed by atoms with E-state index in [9.17, 15) is 9.59 Å². The SMILES string of the molecule is CCCC1CC(=O)N(CC(=O)Nc2ccc(Cl)cc2N)C1. The summed E-state index contributed by atoms with van der Waals surface area (Å²) in [5.41, 5.74) is 6.71. The van der Waals surface area contributed by atoms with Crippen LogP contribution in [0.15, 0.2) is 18.2 Å². The van der Waals surface area contributed by atoms with E-state index >= 15 is 0 Å². The van der Waals surface area contributed by atoms with Crippen molar-refractivity contribution in [3.63, 3.8) is 0 Å². The molecule has 0 spiro atoms. The second-order valence-corrected chi connectivity index (χ2v) is 5.85. The van der Waals surface area contributed by atoms with Gasteiger partial charge in [0.1, 0.15) is 0 Å². The van der Waals surface area contributed by atoms with Crippen LogP contribution in [0.5, 0.6) is 0 Å². The van der Waals surface area contributed by atoms with Gasteiger partial charge in [0, 0.05) is 18.0 Å². The van der Waals surface area contributed by atoms with E-state index in [4.69, 9.17) is 17.3 Å². The van der Waals surface area contributed by atoms with Gasteiger partial charge in [-0.1, -0.05) is 24.9 Å². The second kappa shape index (κ2) is 6.80. The van der Waals surface area contributed by atoms with E-state index < -0.39 is 0 Å². The maximum absolute atomic E-state index is 12.0. The average Bonchev–Trinajstić information content (AvgIpc) is 2.74. The van der Waals surface area contributed by atoms with Gasteiger partial charge in [-0.05, 0) is 30.5 Å². The maximum atomic E-state index is 12.0. The molecule has 5 nitrogen and oxygen atoms in total. The zero-order valence-corrected chi connectivity index (χ0v) is 12.8. The number of rotatable bonds is 5. The van der Waals surface area contributed by atoms with Crippen LogP contribution in [0, 0.1) is 5.92 Å². The highest BCUT2D eigenvalue weighted by atomic mass is 35.5. The van der Waals surface area contributed by atoms with E-state index in [-0.39, 0.29) is 18.4 Å². The third-order valence-electron chi connectivity index (χ3n) is 3.61. The number of amides is 2. The third kappa shape index (κ3) is 4.11. The number of anilines is 2. The lowest BCUT2D eigenvalue weighted by Gasteiger charge is -2.16. The van der Waals surface area contributed by atoms with Crippen molar-refractivity contribution in [2.75, 3.05) is 24.1 Å². The minimum absolute atomic E-state index is 0.0488. The molecule has 2 amide bonds. The molecule has 0 aliphatic carbocycles. The quantitative estimate of drug-likeness (QED) is 0.821. The van der Waals surface area contributed by atoms with Crippen LogP contribution in [-0.4, -0.2) is 29.8 Å². The lowest BCUT2D eigenvalue weighted by molar-refractivity contribution is -0.131. The van der Waals surface area contributed by atoms with E-state index in [1.54, 1.807) is 23.1 Å². The molecule has 114 valence electrons. The summed E-state index contributed by atoms with van der Waals surface area (Å²) in [6.45, 7) is 2.83. The Hall–Kier alpha value is -1.75. The lowest BCUT2D eigenvalue weighted by atomic mass is 10.0. The van der Waals surface area contributed by atoms with Crippen LogP contribution in [0.3, 0.4) is 0 Å². The Balaban J connectivity index is 1.91. The van der Waals surface area contributed by atoms with Crippen LogP contribution in [0.4, 0.5) is 11.4 Å². The Morgan fingerprint density at radius 3 is 2.95 bits per heavy atom. The lowest BCUT2D eigenvalue weighted by Crippen LogP contribution is -2.34. The average molecular weight is 310 g/mol. The molecule has 1 aromatic rings. The molecule has 1 fully saturated rings. The molecule has 1 saturated heterocycles. The summed E-state index contributed by atoms with van der Waals surface area (Å²) in [4.78, 5) is 25.5. The molecule has 21 heavy (non-hydrogen) atoms. The van der Waals surface area contributed by atoms with Gasteiger partial charge in [0.15, 0.2) is 0 Å². The van der Waals surface area contributed by atoms with Crippen LogP contribution in [-0.2, 0) is 9.59 Å². The number of hydrogen-bond donors (Lipinski definition) is 2. The second-order valence-electron chi connectivity index (χ2n) is 5.41. The predicted molar refractivity (Wildman–Crippen MR) is 84.1 cm³/mol. The number of carbonyl (C=O) groups is 2. The van der Waals surface area contributed by atoms with Gasteiger partial charge in [-0.25, -0.2) is 0 Å². The summed E-state index contributed by atoms with van der Waals surface area (Å²) >= 11 is 5.81. The maximum Gasteiger partial charge on any atom is 0.244 e. The monoisotopic (exact) mass is 309 g/mol. The number of likely N-dealkylation sites (tertiary alicyclic amines) is 1. The van der Waals surface area contributed by atoms with Crippen LogP contribution in [0.25, 0.3) is 0 Å². The van der Waals surface area contributed by atoms with Gasteiger partial charge >= 0.3 is 0 Å². The van der Waals surface area contributed by atoms with Crippen molar-refractivity contribution < 1.29 is 9.59 Å². The van der Waals surface area contributed by atoms with Crippen LogP contribution in [0.2, 0.25) is 5.02 Å². The third-order valence-corrected chi connectivity index (χ3v) is 3.85. The molecule has 2 rings (SSSR count). The molecular formula is C15H20ClN3O2. The Morgan fingerprint density at radius 1 is 1.52 bits per heavy atom. The summed E-state index contributed by atoms with van der Waals surface area (Å²) in [5, 5.41) is 3.23. The van der Waals surface area contributed by atoms with Crippen molar-refractivity contribution in [2.24, 2.45) is 5.92 Å². The minimum atomic E-state index is -0.241. The fraction of sp³-hybridized carbons (Fsp3) is 0.467. The molecule has 1 aliphatic rings. The fourth-order valence-corrected chi connectivity index (χ4v) is 2.80. The molecule has 0 aromatic heterocycles. The summed E-state index contributed by atoms with van der Waals surface area (Å²) in [5.74, 6) is 0.179. The van der Waals surface area contributed by atoms with Gasteiger partial charge in [0.2, 0.25) is 11.8 Å². The highest BCUT2D eigenvalue weighted by Gasteiger charge is 2.30. The van der Waals surface area contributed by atoms with E-state index in [2.05, 4.69) is 12.2 Å². The first-order valence-corrected chi connectivity index (χ1v) is 7.50. The molecule has 0 radical (unpaired) electrons. The summed E-state index contributed by atoms with van der Waals surface area (Å²) in [7, 11) is 0. The number of halogens is 1. The number of nitrogens with one attached hydrogen (secondary N) is 1. The number of benzene rings is 1. The van der Waals surface area contributed by atoms with Crippen LogP contribution >= 0.6 is 11.6 Å². The molecule has 1 aliphatic heterocycles. The Labute approximate surface area is 129 Å². The normalized spacial score (nSPS) is 18.1. The summed E-state index contributed by atoms with van der Waals surface area (Å²) < 4.78 is 0. The van der Waals surface area contributed by atoms with Crippen LogP contribution < -0.4 is 11.1 Å². The van der Waals surface area contributed by atoms with Gasteiger partial charge in [-0.3, -0.25) is 9.59 Å². The van der Waals surface area contributed by atoms with E-state index in [0.717, 1.165) is 12.8 Å². The highest BCUT2D eigenvalue weighted by molar-refractivity contribution is 6.31. The largest absolute Gasteiger partial charge is 0.397 e. The molecular weight excluding hydrogens is 290 g/mol. The zero-order valence-electron chi connectivity index (χ0n) is 12.1. The van der Waals surface area contributed by atoms with Crippen molar-refractivity contribution >= 4 is 34.8 Å². The predicted octanol–water partition coefficient (Wildman–Crippen LogP) is 2.51. The van der Waals surface area contributed by atoms with Gasteiger partial charge < -0.3 is 16.0 Å². The van der Waals surface area contributed by atoms with E-state index in [0.29, 0.717) is 35.3 Å². The Kier molecular flexibility index (Phi) is 5.07. The number of hydrogen-bond acceptors (Lipinski definition) is 3. The van der Waals surface area contributed by atoms with Gasteiger partial charge in [-0.2, -0.15) is 0 Å². The number of nitrogens with zero attached hydrogens (tertiary/aromatic N) is 1. The fourth-order valence-electron chi connectivity index (χ4n) is 2.62. The zero-order chi connectivity index (χ0) is 15.4. The molecule has 1 aromatic carbocycles. The summed E-state index contributed by atoms with van der Waals surface area (Å²) in [6, 6.07) is 4.89. The smallest absolute Gasteiger partial charge is 0.244 e. The standard InChI is InChI=1S/C15H20ClN3O2/c1-2-3-10-6-15(21)19(8-10)9-14(20)18-13-5-4-11(16)7-12(13)17/h4-5,7,10H,2-3,6,8-9,17H2,1H3,(H,18,20).